The predicted octanol–water partition coefficient (Wildman–Crippen LogP) is 0.804. The summed E-state index contributed by atoms with van der Waals surface area (Å²) in [7, 11) is -3.64. The average Bonchev–Trinajstić information content (AvgIpc) is 3.01. The van der Waals surface area contributed by atoms with Gasteiger partial charge >= 0.3 is 0 Å². The molecule has 6 nitrogen and oxygen atoms in total. The van der Waals surface area contributed by atoms with Gasteiger partial charge in [-0.15, -0.1) is 12.4 Å². The zero-order valence-corrected chi connectivity index (χ0v) is 14.6. The Morgan fingerprint density at radius 2 is 1.87 bits per heavy atom. The third-order valence-electron chi connectivity index (χ3n) is 4.82. The van der Waals surface area contributed by atoms with E-state index in [4.69, 9.17) is 15.6 Å². The van der Waals surface area contributed by atoms with Crippen molar-refractivity contribution in [3.63, 3.8) is 0 Å². The molecule has 3 rings (SSSR count). The molecule has 1 heterocycles. The number of hydrogen-bond acceptors (Lipinski definition) is 5. The number of nitrogens with two attached hydrogens (primary N) is 2. The number of benzene rings is 1. The molecular formula is C15H24ClN3O3S. The van der Waals surface area contributed by atoms with Crippen LogP contribution in [0.3, 0.4) is 0 Å². The highest BCUT2D eigenvalue weighted by atomic mass is 35.5. The first-order valence-corrected chi connectivity index (χ1v) is 9.22. The van der Waals surface area contributed by atoms with Crippen LogP contribution in [0.4, 0.5) is 0 Å². The number of halogens is 1. The molecule has 4 N–H and O–H groups in total. The SMILES string of the molecule is Cl.NC1CCC2CN(CCOc3ccc(S(N)(=O)=O)cc3)CC12. The maximum absolute atomic E-state index is 11.2. The largest absolute Gasteiger partial charge is 0.492 e. The zero-order chi connectivity index (χ0) is 15.7. The molecule has 130 valence electrons. The fourth-order valence-corrected chi connectivity index (χ4v) is 4.12. The summed E-state index contributed by atoms with van der Waals surface area (Å²) in [4.78, 5) is 2.51. The van der Waals surface area contributed by atoms with E-state index in [1.807, 2.05) is 0 Å². The number of likely N-dealkylation sites (tertiary alicyclic amines) is 1. The van der Waals surface area contributed by atoms with Gasteiger partial charge in [-0.05, 0) is 48.9 Å². The van der Waals surface area contributed by atoms with E-state index in [1.54, 1.807) is 12.1 Å². The van der Waals surface area contributed by atoms with Crippen LogP contribution in [0.1, 0.15) is 12.8 Å². The predicted molar refractivity (Wildman–Crippen MR) is 91.2 cm³/mol. The second-order valence-corrected chi connectivity index (χ2v) is 7.85. The molecule has 3 atom stereocenters. The van der Waals surface area contributed by atoms with Crippen LogP contribution in [0.15, 0.2) is 29.2 Å². The van der Waals surface area contributed by atoms with Crippen molar-refractivity contribution in [3.8, 4) is 5.75 Å². The number of ether oxygens (including phenoxy) is 1. The van der Waals surface area contributed by atoms with E-state index in [9.17, 15) is 8.42 Å². The van der Waals surface area contributed by atoms with E-state index in [0.29, 0.717) is 24.3 Å². The lowest BCUT2D eigenvalue weighted by molar-refractivity contribution is 0.225. The molecule has 1 aromatic carbocycles. The van der Waals surface area contributed by atoms with Crippen LogP contribution in [0.5, 0.6) is 5.75 Å². The standard InChI is InChI=1S/C15H23N3O3S.ClH/c16-15-6-1-11-9-18(10-14(11)15)7-8-21-12-2-4-13(5-3-12)22(17,19)20;/h2-5,11,14-15H,1,6-10,16H2,(H2,17,19,20);1H. The Bertz CT molecular complexity index is 623. The molecule has 0 radical (unpaired) electrons. The van der Waals surface area contributed by atoms with Crippen molar-refractivity contribution in [2.75, 3.05) is 26.2 Å². The summed E-state index contributed by atoms with van der Waals surface area (Å²) in [5.41, 5.74) is 6.13. The first-order valence-electron chi connectivity index (χ1n) is 7.67. The Morgan fingerprint density at radius 3 is 2.48 bits per heavy atom. The Kier molecular flexibility index (Phi) is 5.91. The van der Waals surface area contributed by atoms with E-state index in [-0.39, 0.29) is 17.3 Å². The lowest BCUT2D eigenvalue weighted by atomic mass is 9.98. The maximum Gasteiger partial charge on any atom is 0.238 e. The molecule has 0 amide bonds. The average molecular weight is 362 g/mol. The highest BCUT2D eigenvalue weighted by Gasteiger charge is 2.40. The van der Waals surface area contributed by atoms with Gasteiger partial charge in [0.15, 0.2) is 0 Å². The molecule has 0 aromatic heterocycles. The molecule has 3 unspecified atom stereocenters. The molecule has 2 fully saturated rings. The summed E-state index contributed by atoms with van der Waals surface area (Å²) < 4.78 is 28.0. The van der Waals surface area contributed by atoms with Gasteiger partial charge in [0.2, 0.25) is 10.0 Å². The number of nitrogens with zero attached hydrogens (tertiary/aromatic N) is 1. The summed E-state index contributed by atoms with van der Waals surface area (Å²) in [6.45, 7) is 3.64. The van der Waals surface area contributed by atoms with Crippen molar-refractivity contribution in [1.82, 2.24) is 4.90 Å². The molecule has 1 aliphatic carbocycles. The fraction of sp³-hybridized carbons (Fsp3) is 0.600. The lowest BCUT2D eigenvalue weighted by Gasteiger charge is -2.18. The molecular weight excluding hydrogens is 338 g/mol. The first-order chi connectivity index (χ1) is 10.4. The molecule has 8 heteroatoms. The van der Waals surface area contributed by atoms with E-state index < -0.39 is 10.0 Å². The van der Waals surface area contributed by atoms with Crippen molar-refractivity contribution >= 4 is 22.4 Å². The van der Waals surface area contributed by atoms with Crippen LogP contribution in [-0.2, 0) is 10.0 Å². The Balaban J connectivity index is 0.00000192. The second-order valence-electron chi connectivity index (χ2n) is 6.29. The van der Waals surface area contributed by atoms with Gasteiger partial charge in [-0.2, -0.15) is 0 Å². The molecule has 23 heavy (non-hydrogen) atoms. The minimum atomic E-state index is -3.64. The zero-order valence-electron chi connectivity index (χ0n) is 12.9. The van der Waals surface area contributed by atoms with Gasteiger partial charge in [-0.1, -0.05) is 0 Å². The van der Waals surface area contributed by atoms with Gasteiger partial charge in [0.1, 0.15) is 12.4 Å². The lowest BCUT2D eigenvalue weighted by Crippen LogP contribution is -2.32. The highest BCUT2D eigenvalue weighted by Crippen LogP contribution is 2.36. The van der Waals surface area contributed by atoms with Crippen LogP contribution in [0.25, 0.3) is 0 Å². The molecule has 1 aromatic rings. The third-order valence-corrected chi connectivity index (χ3v) is 5.75. The van der Waals surface area contributed by atoms with Gasteiger partial charge in [-0.25, -0.2) is 13.6 Å². The summed E-state index contributed by atoms with van der Waals surface area (Å²) in [6, 6.07) is 6.55. The highest BCUT2D eigenvalue weighted by molar-refractivity contribution is 7.89. The van der Waals surface area contributed by atoms with Crippen molar-refractivity contribution in [3.05, 3.63) is 24.3 Å². The summed E-state index contributed by atoms with van der Waals surface area (Å²) >= 11 is 0. The van der Waals surface area contributed by atoms with Gasteiger partial charge in [0.25, 0.3) is 0 Å². The van der Waals surface area contributed by atoms with E-state index in [2.05, 4.69) is 4.90 Å². The van der Waals surface area contributed by atoms with Gasteiger partial charge < -0.3 is 10.5 Å². The Morgan fingerprint density at radius 1 is 1.17 bits per heavy atom. The van der Waals surface area contributed by atoms with Crippen molar-refractivity contribution in [2.24, 2.45) is 22.7 Å². The third kappa shape index (κ3) is 4.36. The summed E-state index contributed by atoms with van der Waals surface area (Å²) in [5.74, 6) is 2.06. The van der Waals surface area contributed by atoms with Gasteiger partial charge in [0.05, 0.1) is 4.90 Å². The van der Waals surface area contributed by atoms with Gasteiger partial charge in [-0.3, -0.25) is 4.90 Å². The number of fused-ring (bicyclic) bond motifs is 1. The second kappa shape index (κ2) is 7.36. The van der Waals surface area contributed by atoms with E-state index >= 15 is 0 Å². The maximum atomic E-state index is 11.2. The van der Waals surface area contributed by atoms with E-state index in [1.165, 1.54) is 18.6 Å². The minimum Gasteiger partial charge on any atom is -0.492 e. The number of rotatable bonds is 5. The van der Waals surface area contributed by atoms with Crippen molar-refractivity contribution < 1.29 is 13.2 Å². The molecule has 2 aliphatic rings. The van der Waals surface area contributed by atoms with Crippen LogP contribution in [0, 0.1) is 11.8 Å². The first kappa shape index (κ1) is 18.5. The smallest absolute Gasteiger partial charge is 0.238 e. The quantitative estimate of drug-likeness (QED) is 0.808. The molecule has 1 saturated carbocycles. The fourth-order valence-electron chi connectivity index (χ4n) is 3.60. The van der Waals surface area contributed by atoms with E-state index in [0.717, 1.165) is 32.0 Å². The summed E-state index contributed by atoms with van der Waals surface area (Å²) in [6.07, 6.45) is 2.41. The van der Waals surface area contributed by atoms with Crippen LogP contribution < -0.4 is 15.6 Å². The Labute approximate surface area is 143 Å². The number of hydrogen-bond donors (Lipinski definition) is 2. The normalized spacial score (nSPS) is 27.5. The number of primary sulfonamides is 1. The van der Waals surface area contributed by atoms with Crippen molar-refractivity contribution in [2.45, 2.75) is 23.8 Å². The molecule has 1 saturated heterocycles. The molecule has 0 spiro atoms. The molecule has 1 aliphatic heterocycles. The topological polar surface area (TPSA) is 98.6 Å². The van der Waals surface area contributed by atoms with Crippen LogP contribution in [0.2, 0.25) is 0 Å². The summed E-state index contributed by atoms with van der Waals surface area (Å²) in [5, 5.41) is 5.06. The molecule has 0 bridgehead atoms. The van der Waals surface area contributed by atoms with Crippen LogP contribution in [-0.4, -0.2) is 45.6 Å². The Hall–Kier alpha value is -0.860. The van der Waals surface area contributed by atoms with Crippen molar-refractivity contribution in [1.29, 1.82) is 0 Å². The van der Waals surface area contributed by atoms with Gasteiger partial charge in [0, 0.05) is 25.7 Å². The number of sulfonamides is 1. The van der Waals surface area contributed by atoms with Crippen LogP contribution >= 0.6 is 12.4 Å². The minimum absolute atomic E-state index is 0. The monoisotopic (exact) mass is 361 g/mol.